The largest absolute Gasteiger partial charge is 0.335 e. The van der Waals surface area contributed by atoms with Gasteiger partial charge >= 0.3 is 0 Å². The van der Waals surface area contributed by atoms with Crippen LogP contribution >= 0.6 is 23.2 Å². The van der Waals surface area contributed by atoms with Gasteiger partial charge in [0.1, 0.15) is 0 Å². The normalized spacial score (nSPS) is 10.3. The van der Waals surface area contributed by atoms with E-state index in [2.05, 4.69) is 30.0 Å². The van der Waals surface area contributed by atoms with E-state index in [9.17, 15) is 0 Å². The third kappa shape index (κ3) is 8.24. The van der Waals surface area contributed by atoms with Crippen LogP contribution in [0, 0.1) is 6.92 Å². The first kappa shape index (κ1) is 25.3. The van der Waals surface area contributed by atoms with E-state index in [0.717, 1.165) is 27.5 Å². The molecule has 3 aromatic rings. The van der Waals surface area contributed by atoms with Crippen molar-refractivity contribution in [2.24, 2.45) is 0 Å². The van der Waals surface area contributed by atoms with Crippen molar-refractivity contribution in [1.82, 2.24) is 9.55 Å². The number of benzene rings is 2. The van der Waals surface area contributed by atoms with Gasteiger partial charge in [0.05, 0.1) is 6.33 Å². The van der Waals surface area contributed by atoms with Crippen molar-refractivity contribution in [3.8, 4) is 0 Å². The molecular formula is C26H33BCl2N2. The zero-order valence-corrected chi connectivity index (χ0v) is 20.2. The second-order valence-electron chi connectivity index (χ2n) is 7.75. The molecule has 0 fully saturated rings. The zero-order valence-electron chi connectivity index (χ0n) is 18.7. The molecule has 0 unspecified atom stereocenters. The Bertz CT molecular complexity index is 878. The average molecular weight is 455 g/mol. The van der Waals surface area contributed by atoms with Crippen LogP contribution in [0.3, 0.4) is 0 Å². The molecule has 0 saturated heterocycles. The van der Waals surface area contributed by atoms with Crippen molar-refractivity contribution >= 4 is 40.8 Å². The molecule has 0 aliphatic carbocycles. The van der Waals surface area contributed by atoms with E-state index in [-0.39, 0.29) is 6.71 Å². The maximum absolute atomic E-state index is 6.21. The van der Waals surface area contributed by atoms with Gasteiger partial charge in [0.25, 0.3) is 0 Å². The van der Waals surface area contributed by atoms with Gasteiger partial charge in [-0.3, -0.25) is 0 Å². The van der Waals surface area contributed by atoms with Gasteiger partial charge in [-0.25, -0.2) is 4.98 Å². The number of imidazole rings is 1. The molecule has 31 heavy (non-hydrogen) atoms. The maximum Gasteiger partial charge on any atom is 0.237 e. The summed E-state index contributed by atoms with van der Waals surface area (Å²) in [7, 11) is 0. The fraction of sp³-hybridized carbons (Fsp3) is 0.346. The van der Waals surface area contributed by atoms with Crippen molar-refractivity contribution in [1.29, 1.82) is 0 Å². The molecule has 1 aromatic heterocycles. The first-order valence-electron chi connectivity index (χ1n) is 11.2. The van der Waals surface area contributed by atoms with Gasteiger partial charge in [-0.2, -0.15) is 0 Å². The van der Waals surface area contributed by atoms with E-state index in [4.69, 9.17) is 23.2 Å². The third-order valence-corrected chi connectivity index (χ3v) is 6.08. The van der Waals surface area contributed by atoms with Crippen molar-refractivity contribution in [3.63, 3.8) is 0 Å². The number of hydrogen-bond acceptors (Lipinski definition) is 1. The Labute approximate surface area is 198 Å². The lowest BCUT2D eigenvalue weighted by atomic mass is 9.41. The Balaban J connectivity index is 0.000000225. The monoisotopic (exact) mass is 454 g/mol. The Hall–Kier alpha value is -1.97. The fourth-order valence-electron chi connectivity index (χ4n) is 3.56. The van der Waals surface area contributed by atoms with E-state index in [1.165, 1.54) is 44.2 Å². The number of rotatable bonds is 10. The van der Waals surface area contributed by atoms with Crippen LogP contribution in [-0.2, 0) is 6.54 Å². The Morgan fingerprint density at radius 3 is 1.94 bits per heavy atom. The van der Waals surface area contributed by atoms with E-state index >= 15 is 0 Å². The van der Waals surface area contributed by atoms with Crippen molar-refractivity contribution in [2.45, 2.75) is 58.9 Å². The smallest absolute Gasteiger partial charge is 0.237 e. The molecule has 0 radical (unpaired) electrons. The summed E-state index contributed by atoms with van der Waals surface area (Å²) in [6, 6.07) is 15.5. The molecule has 0 N–H and O–H groups in total. The van der Waals surface area contributed by atoms with Gasteiger partial charge in [0, 0.05) is 28.5 Å². The summed E-state index contributed by atoms with van der Waals surface area (Å²) in [6.45, 7) is 9.41. The molecule has 0 spiro atoms. The van der Waals surface area contributed by atoms with E-state index in [1.807, 2.05) is 67.0 Å². The molecule has 3 rings (SSSR count). The van der Waals surface area contributed by atoms with Gasteiger partial charge in [0.15, 0.2) is 0 Å². The van der Waals surface area contributed by atoms with Crippen LogP contribution in [0.2, 0.25) is 10.0 Å². The Morgan fingerprint density at radius 1 is 0.903 bits per heavy atom. The molecule has 164 valence electrons. The lowest BCUT2D eigenvalue weighted by molar-refractivity contribution is 0.552. The van der Waals surface area contributed by atoms with E-state index in [0.29, 0.717) is 0 Å². The lowest BCUT2D eigenvalue weighted by Gasteiger charge is -2.13. The van der Waals surface area contributed by atoms with Crippen LogP contribution < -0.4 is 10.9 Å². The minimum Gasteiger partial charge on any atom is -0.335 e. The molecule has 0 amide bonds. The van der Waals surface area contributed by atoms with Gasteiger partial charge < -0.3 is 4.57 Å². The van der Waals surface area contributed by atoms with E-state index in [1.54, 1.807) is 0 Å². The average Bonchev–Trinajstić information content (AvgIpc) is 3.19. The summed E-state index contributed by atoms with van der Waals surface area (Å²) >= 11 is 12.4. The highest BCUT2D eigenvalue weighted by molar-refractivity contribution is 6.91. The number of nitrogens with zero attached hydrogens (tertiary/aromatic N) is 2. The number of hydrogen-bond donors (Lipinski definition) is 0. The Morgan fingerprint density at radius 2 is 1.45 bits per heavy atom. The first-order valence-corrected chi connectivity index (χ1v) is 11.9. The second-order valence-corrected chi connectivity index (χ2v) is 8.57. The molecule has 2 aromatic carbocycles. The molecule has 5 heteroatoms. The molecule has 2 nitrogen and oxygen atoms in total. The van der Waals surface area contributed by atoms with Gasteiger partial charge in [0.2, 0.25) is 6.71 Å². The van der Waals surface area contributed by atoms with Gasteiger partial charge in [-0.1, -0.05) is 110 Å². The molecule has 0 saturated carbocycles. The topological polar surface area (TPSA) is 17.8 Å². The molecule has 1 heterocycles. The SMILES string of the molecule is C=CB(c1ccccc1Cl)c1ccccc1Cl.CCCCCCCCn1cncc1C. The fourth-order valence-corrected chi connectivity index (χ4v) is 4.07. The highest BCUT2D eigenvalue weighted by atomic mass is 35.5. The second kappa shape index (κ2) is 14.2. The van der Waals surface area contributed by atoms with Crippen LogP contribution in [0.25, 0.3) is 0 Å². The van der Waals surface area contributed by atoms with E-state index < -0.39 is 0 Å². The molecule has 0 atom stereocenters. The summed E-state index contributed by atoms with van der Waals surface area (Å²) in [5.41, 5.74) is 3.33. The number of aryl methyl sites for hydroxylation is 2. The lowest BCUT2D eigenvalue weighted by Crippen LogP contribution is -2.41. The van der Waals surface area contributed by atoms with Crippen molar-refractivity contribution in [2.75, 3.05) is 0 Å². The van der Waals surface area contributed by atoms with Crippen LogP contribution in [0.15, 0.2) is 73.6 Å². The zero-order chi connectivity index (χ0) is 22.5. The minimum absolute atomic E-state index is 0.0254. The maximum atomic E-state index is 6.21. The summed E-state index contributed by atoms with van der Waals surface area (Å²) in [6.07, 6.45) is 12.0. The van der Waals surface area contributed by atoms with Gasteiger partial charge in [-0.15, -0.1) is 12.6 Å². The molecule has 0 aliphatic heterocycles. The predicted molar refractivity (Wildman–Crippen MR) is 138 cm³/mol. The summed E-state index contributed by atoms with van der Waals surface area (Å²) in [5, 5.41) is 1.47. The number of aromatic nitrogens is 2. The minimum atomic E-state index is 0.0254. The summed E-state index contributed by atoms with van der Waals surface area (Å²) in [4.78, 5) is 4.11. The van der Waals surface area contributed by atoms with Crippen LogP contribution in [0.5, 0.6) is 0 Å². The number of halogens is 2. The number of unbranched alkanes of at least 4 members (excludes halogenated alkanes) is 5. The van der Waals surface area contributed by atoms with Crippen molar-refractivity contribution < 1.29 is 0 Å². The van der Waals surface area contributed by atoms with Crippen LogP contribution in [-0.4, -0.2) is 16.3 Å². The third-order valence-electron chi connectivity index (χ3n) is 5.39. The predicted octanol–water partition coefficient (Wildman–Crippen LogP) is 6.88. The Kier molecular flexibility index (Phi) is 11.6. The highest BCUT2D eigenvalue weighted by Gasteiger charge is 2.19. The molecule has 0 bridgehead atoms. The molecule has 0 aliphatic rings. The van der Waals surface area contributed by atoms with Crippen LogP contribution in [0.1, 0.15) is 51.1 Å². The van der Waals surface area contributed by atoms with Crippen molar-refractivity contribution in [3.05, 3.63) is 89.3 Å². The quantitative estimate of drug-likeness (QED) is 0.241. The standard InChI is InChI=1S/C14H11BCl2.C12H22N2/c1-2-15(11-7-3-5-9-13(11)16)12-8-4-6-10-14(12)17;1-3-4-5-6-7-8-9-14-11-13-10-12(14)2/h2-10H,1H2;10-11H,3-9H2,1-2H3. The van der Waals surface area contributed by atoms with Gasteiger partial charge in [-0.05, 0) is 25.5 Å². The summed E-state index contributed by atoms with van der Waals surface area (Å²) in [5.74, 6) is 1.86. The molecular weight excluding hydrogens is 422 g/mol. The highest BCUT2D eigenvalue weighted by Crippen LogP contribution is 2.10. The summed E-state index contributed by atoms with van der Waals surface area (Å²) < 4.78 is 2.24. The van der Waals surface area contributed by atoms with Crippen LogP contribution in [0.4, 0.5) is 0 Å². The first-order chi connectivity index (χ1) is 15.1.